The summed E-state index contributed by atoms with van der Waals surface area (Å²) in [5.41, 5.74) is 0.725. The lowest BCUT2D eigenvalue weighted by Crippen LogP contribution is -2.48. The van der Waals surface area contributed by atoms with Gasteiger partial charge >= 0.3 is 0 Å². The Morgan fingerprint density at radius 2 is 2.37 bits per heavy atom. The van der Waals surface area contributed by atoms with Crippen molar-refractivity contribution in [1.29, 1.82) is 0 Å². The van der Waals surface area contributed by atoms with Gasteiger partial charge in [0.1, 0.15) is 0 Å². The smallest absolute Gasteiger partial charge is 0.164 e. The van der Waals surface area contributed by atoms with E-state index in [9.17, 15) is 9.90 Å². The van der Waals surface area contributed by atoms with E-state index >= 15 is 0 Å². The zero-order valence-corrected chi connectivity index (χ0v) is 12.3. The summed E-state index contributed by atoms with van der Waals surface area (Å²) in [6.45, 7) is 2.73. The van der Waals surface area contributed by atoms with Gasteiger partial charge in [0, 0.05) is 29.5 Å². The number of hydrogen-bond donors (Lipinski definition) is 1. The van der Waals surface area contributed by atoms with Crippen LogP contribution in [0.1, 0.15) is 16.8 Å². The molecular weight excluding hydrogens is 310 g/mol. The average molecular weight is 328 g/mol. The van der Waals surface area contributed by atoms with Crippen LogP contribution in [0, 0.1) is 0 Å². The zero-order valence-electron chi connectivity index (χ0n) is 10.7. The average Bonchev–Trinajstić information content (AvgIpc) is 2.45. The van der Waals surface area contributed by atoms with Crippen molar-refractivity contribution in [2.45, 2.75) is 12.5 Å². The predicted octanol–water partition coefficient (Wildman–Crippen LogP) is 1.71. The molecule has 1 fully saturated rings. The van der Waals surface area contributed by atoms with Gasteiger partial charge in [0.05, 0.1) is 25.9 Å². The van der Waals surface area contributed by atoms with E-state index in [1.54, 1.807) is 0 Å². The SMILES string of the molecule is O=C(CCN1CCOCC1CO)c1cccc(Br)c1. The number of Topliss-reactive ketones (excluding diaryl/α,β-unsaturated/α-hetero) is 1. The standard InChI is InChI=1S/C14H18BrNO3/c15-12-3-1-2-11(8-12)14(18)4-5-16-6-7-19-10-13(16)9-17/h1-3,8,13,17H,4-7,9-10H2. The summed E-state index contributed by atoms with van der Waals surface area (Å²) in [4.78, 5) is 14.2. The van der Waals surface area contributed by atoms with Gasteiger partial charge in [0.25, 0.3) is 0 Å². The molecule has 1 saturated heterocycles. The molecule has 5 heteroatoms. The minimum atomic E-state index is 0.0176. The summed E-state index contributed by atoms with van der Waals surface area (Å²) in [6, 6.07) is 7.45. The van der Waals surface area contributed by atoms with Gasteiger partial charge in [-0.25, -0.2) is 0 Å². The summed E-state index contributed by atoms with van der Waals surface area (Å²) >= 11 is 3.37. The van der Waals surface area contributed by atoms with Gasteiger partial charge in [-0.2, -0.15) is 0 Å². The van der Waals surface area contributed by atoms with Crippen molar-refractivity contribution in [2.75, 3.05) is 32.9 Å². The molecule has 0 saturated carbocycles. The van der Waals surface area contributed by atoms with Crippen LogP contribution in [0.5, 0.6) is 0 Å². The zero-order chi connectivity index (χ0) is 13.7. The van der Waals surface area contributed by atoms with Crippen molar-refractivity contribution < 1.29 is 14.6 Å². The third kappa shape index (κ3) is 4.11. The fraction of sp³-hybridized carbons (Fsp3) is 0.500. The van der Waals surface area contributed by atoms with E-state index in [1.807, 2.05) is 24.3 Å². The summed E-state index contributed by atoms with van der Waals surface area (Å²) in [6.07, 6.45) is 0.465. The number of morpholine rings is 1. The van der Waals surface area contributed by atoms with Crippen LogP contribution in [-0.4, -0.2) is 54.7 Å². The molecule has 1 aliphatic rings. The second-order valence-electron chi connectivity index (χ2n) is 4.63. The lowest BCUT2D eigenvalue weighted by Gasteiger charge is -2.34. The molecule has 1 N–H and O–H groups in total. The Morgan fingerprint density at radius 3 is 3.11 bits per heavy atom. The number of carbonyl (C=O) groups excluding carboxylic acids is 1. The molecule has 1 heterocycles. The lowest BCUT2D eigenvalue weighted by molar-refractivity contribution is -0.0270. The summed E-state index contributed by atoms with van der Waals surface area (Å²) < 4.78 is 6.23. The molecule has 0 radical (unpaired) electrons. The third-order valence-corrected chi connectivity index (χ3v) is 3.83. The van der Waals surface area contributed by atoms with Crippen molar-refractivity contribution >= 4 is 21.7 Å². The molecule has 1 atom stereocenters. The molecule has 1 unspecified atom stereocenters. The molecule has 0 aliphatic carbocycles. The van der Waals surface area contributed by atoms with Gasteiger partial charge in [0.15, 0.2) is 5.78 Å². The van der Waals surface area contributed by atoms with Gasteiger partial charge < -0.3 is 9.84 Å². The van der Waals surface area contributed by atoms with Crippen molar-refractivity contribution in [3.05, 3.63) is 34.3 Å². The van der Waals surface area contributed by atoms with Crippen LogP contribution in [0.25, 0.3) is 0 Å². The lowest BCUT2D eigenvalue weighted by atomic mass is 10.1. The van der Waals surface area contributed by atoms with Crippen LogP contribution in [0.15, 0.2) is 28.7 Å². The first-order valence-corrected chi connectivity index (χ1v) is 7.21. The van der Waals surface area contributed by atoms with E-state index in [-0.39, 0.29) is 18.4 Å². The van der Waals surface area contributed by atoms with Crippen molar-refractivity contribution in [3.63, 3.8) is 0 Å². The maximum absolute atomic E-state index is 12.1. The van der Waals surface area contributed by atoms with E-state index in [0.29, 0.717) is 26.2 Å². The molecule has 19 heavy (non-hydrogen) atoms. The molecule has 1 aliphatic heterocycles. The van der Waals surface area contributed by atoms with E-state index in [4.69, 9.17) is 4.74 Å². The molecule has 0 spiro atoms. The molecule has 104 valence electrons. The highest BCUT2D eigenvalue weighted by Crippen LogP contribution is 2.14. The molecule has 1 aromatic rings. The summed E-state index contributed by atoms with van der Waals surface area (Å²) in [5.74, 6) is 0.129. The second-order valence-corrected chi connectivity index (χ2v) is 5.55. The van der Waals surface area contributed by atoms with E-state index in [1.165, 1.54) is 0 Å². The summed E-state index contributed by atoms with van der Waals surface area (Å²) in [5, 5.41) is 9.27. The minimum absolute atomic E-state index is 0.0176. The highest BCUT2D eigenvalue weighted by molar-refractivity contribution is 9.10. The Bertz CT molecular complexity index is 438. The molecule has 0 aromatic heterocycles. The number of halogens is 1. The van der Waals surface area contributed by atoms with Crippen LogP contribution in [0.2, 0.25) is 0 Å². The fourth-order valence-electron chi connectivity index (χ4n) is 2.20. The Labute approximate surface area is 121 Å². The summed E-state index contributed by atoms with van der Waals surface area (Å²) in [7, 11) is 0. The molecular formula is C14H18BrNO3. The van der Waals surface area contributed by atoms with Crippen LogP contribution < -0.4 is 0 Å². The van der Waals surface area contributed by atoms with Gasteiger partial charge in [-0.15, -0.1) is 0 Å². The van der Waals surface area contributed by atoms with E-state index in [2.05, 4.69) is 20.8 Å². The first-order valence-electron chi connectivity index (χ1n) is 6.42. The minimum Gasteiger partial charge on any atom is -0.395 e. The number of ether oxygens (including phenoxy) is 1. The van der Waals surface area contributed by atoms with Gasteiger partial charge in [-0.05, 0) is 12.1 Å². The quantitative estimate of drug-likeness (QED) is 0.836. The molecule has 0 bridgehead atoms. The van der Waals surface area contributed by atoms with Crippen molar-refractivity contribution in [1.82, 2.24) is 4.90 Å². The van der Waals surface area contributed by atoms with Gasteiger partial charge in [-0.3, -0.25) is 9.69 Å². The highest BCUT2D eigenvalue weighted by atomic mass is 79.9. The largest absolute Gasteiger partial charge is 0.395 e. The number of nitrogens with zero attached hydrogens (tertiary/aromatic N) is 1. The molecule has 1 aromatic carbocycles. The number of hydrogen-bond acceptors (Lipinski definition) is 4. The number of benzene rings is 1. The number of rotatable bonds is 5. The fourth-order valence-corrected chi connectivity index (χ4v) is 2.60. The number of aliphatic hydroxyl groups is 1. The Balaban J connectivity index is 1.89. The first-order chi connectivity index (χ1) is 9.20. The van der Waals surface area contributed by atoms with E-state index in [0.717, 1.165) is 16.6 Å². The topological polar surface area (TPSA) is 49.8 Å². The maximum atomic E-state index is 12.1. The van der Waals surface area contributed by atoms with Crippen LogP contribution >= 0.6 is 15.9 Å². The van der Waals surface area contributed by atoms with Crippen molar-refractivity contribution in [3.8, 4) is 0 Å². The highest BCUT2D eigenvalue weighted by Gasteiger charge is 2.22. The Hall–Kier alpha value is -0.750. The number of carbonyl (C=O) groups is 1. The van der Waals surface area contributed by atoms with Crippen LogP contribution in [0.3, 0.4) is 0 Å². The number of aliphatic hydroxyl groups excluding tert-OH is 1. The normalized spacial score (nSPS) is 20.4. The first kappa shape index (κ1) is 14.7. The maximum Gasteiger partial charge on any atom is 0.164 e. The van der Waals surface area contributed by atoms with Gasteiger partial charge in [-0.1, -0.05) is 28.1 Å². The molecule has 2 rings (SSSR count). The monoisotopic (exact) mass is 327 g/mol. The van der Waals surface area contributed by atoms with Crippen LogP contribution in [-0.2, 0) is 4.74 Å². The van der Waals surface area contributed by atoms with Crippen molar-refractivity contribution in [2.24, 2.45) is 0 Å². The molecule has 0 amide bonds. The second kappa shape index (κ2) is 7.14. The third-order valence-electron chi connectivity index (χ3n) is 3.33. The van der Waals surface area contributed by atoms with Gasteiger partial charge in [0.2, 0.25) is 0 Å². The van der Waals surface area contributed by atoms with E-state index < -0.39 is 0 Å². The van der Waals surface area contributed by atoms with Crippen LogP contribution in [0.4, 0.5) is 0 Å². The predicted molar refractivity (Wildman–Crippen MR) is 76.4 cm³/mol. The number of ketones is 1. The molecule has 4 nitrogen and oxygen atoms in total. The Morgan fingerprint density at radius 1 is 1.53 bits per heavy atom. The Kier molecular flexibility index (Phi) is 5.51.